The number of amides is 1. The Bertz CT molecular complexity index is 1230. The van der Waals surface area contributed by atoms with Crippen LogP contribution in [0.15, 0.2) is 87.7 Å². The summed E-state index contributed by atoms with van der Waals surface area (Å²) in [5, 5.41) is 9.43. The van der Waals surface area contributed by atoms with Gasteiger partial charge < -0.3 is 5.84 Å². The minimum atomic E-state index is -0.0544. The highest BCUT2D eigenvalue weighted by Crippen LogP contribution is 2.48. The predicted octanol–water partition coefficient (Wildman–Crippen LogP) is 5.23. The molecule has 5 rings (SSSR count). The molecule has 1 amide bonds. The molecule has 2 heterocycles. The lowest BCUT2D eigenvalue weighted by molar-refractivity contribution is -0.115. The highest BCUT2D eigenvalue weighted by Gasteiger charge is 2.28. The Hall–Kier alpha value is -2.94. The normalized spacial score (nSPS) is 12.4. The van der Waals surface area contributed by atoms with Crippen LogP contribution in [0.1, 0.15) is 0 Å². The minimum Gasteiger partial charge on any atom is -0.335 e. The molecule has 1 aliphatic heterocycles. The summed E-state index contributed by atoms with van der Waals surface area (Å²) in [5.41, 5.74) is 2.56. The fourth-order valence-electron chi connectivity index (χ4n) is 3.34. The van der Waals surface area contributed by atoms with Crippen molar-refractivity contribution < 1.29 is 4.79 Å². The average molecular weight is 466 g/mol. The van der Waals surface area contributed by atoms with Crippen LogP contribution in [0.25, 0.3) is 11.4 Å². The van der Waals surface area contributed by atoms with E-state index in [-0.39, 0.29) is 11.7 Å². The van der Waals surface area contributed by atoms with E-state index >= 15 is 0 Å². The van der Waals surface area contributed by atoms with Crippen LogP contribution in [0.2, 0.25) is 5.02 Å². The minimum absolute atomic E-state index is 0.0544. The molecular formula is C22H16ClN5OS2. The molecule has 6 nitrogen and oxygen atoms in total. The Labute approximate surface area is 192 Å². The van der Waals surface area contributed by atoms with E-state index in [9.17, 15) is 4.79 Å². The van der Waals surface area contributed by atoms with Crippen molar-refractivity contribution in [1.29, 1.82) is 0 Å². The van der Waals surface area contributed by atoms with Gasteiger partial charge in [-0.15, -0.1) is 10.2 Å². The van der Waals surface area contributed by atoms with Crippen molar-refractivity contribution >= 4 is 52.4 Å². The van der Waals surface area contributed by atoms with Gasteiger partial charge in [0.15, 0.2) is 5.82 Å². The van der Waals surface area contributed by atoms with Gasteiger partial charge in [0.2, 0.25) is 11.1 Å². The highest BCUT2D eigenvalue weighted by atomic mass is 35.5. The Kier molecular flexibility index (Phi) is 5.35. The van der Waals surface area contributed by atoms with Gasteiger partial charge >= 0.3 is 0 Å². The number of hydrogen-bond acceptors (Lipinski definition) is 6. The number of thioether (sulfide) groups is 1. The molecule has 4 aromatic rings. The summed E-state index contributed by atoms with van der Waals surface area (Å²) in [6, 6.07) is 23.0. The van der Waals surface area contributed by atoms with Gasteiger partial charge in [0.05, 0.1) is 17.1 Å². The number of anilines is 2. The third-order valence-electron chi connectivity index (χ3n) is 4.77. The van der Waals surface area contributed by atoms with Crippen molar-refractivity contribution in [3.63, 3.8) is 0 Å². The molecule has 3 aromatic carbocycles. The molecular weight excluding hydrogens is 450 g/mol. The first kappa shape index (κ1) is 20.0. The van der Waals surface area contributed by atoms with E-state index in [1.165, 1.54) is 16.4 Å². The second-order valence-corrected chi connectivity index (χ2v) is 9.20. The number of benzene rings is 3. The SMILES string of the molecule is Nn1c(SCC(=O)N2c3ccccc3Sc3ccccc32)nnc1-c1ccc(Cl)cc1. The maximum atomic E-state index is 13.3. The second-order valence-electron chi connectivity index (χ2n) is 6.74. The lowest BCUT2D eigenvalue weighted by atomic mass is 10.2. The van der Waals surface area contributed by atoms with Gasteiger partial charge in [-0.05, 0) is 48.5 Å². The highest BCUT2D eigenvalue weighted by molar-refractivity contribution is 8.00. The van der Waals surface area contributed by atoms with E-state index in [2.05, 4.69) is 10.2 Å². The number of fused-ring (bicyclic) bond motifs is 2. The van der Waals surface area contributed by atoms with Crippen molar-refractivity contribution in [2.75, 3.05) is 16.5 Å². The first-order chi connectivity index (χ1) is 15.1. The third-order valence-corrected chi connectivity index (χ3v) is 7.08. The number of carbonyl (C=O) groups is 1. The molecule has 0 aliphatic carbocycles. The van der Waals surface area contributed by atoms with Crippen LogP contribution in [0.5, 0.6) is 0 Å². The molecule has 0 fully saturated rings. The van der Waals surface area contributed by atoms with Crippen molar-refractivity contribution in [2.24, 2.45) is 0 Å². The van der Waals surface area contributed by atoms with E-state index in [4.69, 9.17) is 17.4 Å². The van der Waals surface area contributed by atoms with Gasteiger partial charge in [-0.2, -0.15) is 0 Å². The van der Waals surface area contributed by atoms with Gasteiger partial charge in [-0.1, -0.05) is 59.4 Å². The lowest BCUT2D eigenvalue weighted by Gasteiger charge is -2.30. The van der Waals surface area contributed by atoms with Gasteiger partial charge in [0, 0.05) is 20.4 Å². The summed E-state index contributed by atoms with van der Waals surface area (Å²) < 4.78 is 1.40. The Balaban J connectivity index is 1.39. The molecule has 0 atom stereocenters. The largest absolute Gasteiger partial charge is 0.335 e. The zero-order chi connectivity index (χ0) is 21.4. The van der Waals surface area contributed by atoms with Gasteiger partial charge in [0.1, 0.15) is 0 Å². The van der Waals surface area contributed by atoms with Gasteiger partial charge in [-0.25, -0.2) is 4.68 Å². The fraction of sp³-hybridized carbons (Fsp3) is 0.0455. The van der Waals surface area contributed by atoms with Crippen LogP contribution < -0.4 is 10.7 Å². The van der Waals surface area contributed by atoms with Crippen LogP contribution >= 0.6 is 35.1 Å². The average Bonchev–Trinajstić information content (AvgIpc) is 3.16. The predicted molar refractivity (Wildman–Crippen MR) is 125 cm³/mol. The number of hydrogen-bond donors (Lipinski definition) is 1. The van der Waals surface area contributed by atoms with E-state index in [0.717, 1.165) is 26.7 Å². The quantitative estimate of drug-likeness (QED) is 0.328. The van der Waals surface area contributed by atoms with E-state index in [0.29, 0.717) is 16.0 Å². The smallest absolute Gasteiger partial charge is 0.242 e. The fourth-order valence-corrected chi connectivity index (χ4v) is 5.23. The maximum absolute atomic E-state index is 13.3. The molecule has 0 spiro atoms. The monoisotopic (exact) mass is 465 g/mol. The van der Waals surface area contributed by atoms with E-state index in [1.807, 2.05) is 60.7 Å². The van der Waals surface area contributed by atoms with Gasteiger partial charge in [-0.3, -0.25) is 9.69 Å². The maximum Gasteiger partial charge on any atom is 0.242 e. The molecule has 154 valence electrons. The van der Waals surface area contributed by atoms with Crippen molar-refractivity contribution in [2.45, 2.75) is 14.9 Å². The number of carbonyl (C=O) groups excluding carboxylic acids is 1. The number of nitrogen functional groups attached to an aromatic ring is 1. The summed E-state index contributed by atoms with van der Waals surface area (Å²) in [5.74, 6) is 6.83. The molecule has 0 unspecified atom stereocenters. The molecule has 31 heavy (non-hydrogen) atoms. The molecule has 1 aliphatic rings. The number of halogens is 1. The molecule has 2 N–H and O–H groups in total. The Morgan fingerprint density at radius 1 is 0.935 bits per heavy atom. The third kappa shape index (κ3) is 3.78. The molecule has 0 bridgehead atoms. The van der Waals surface area contributed by atoms with E-state index in [1.54, 1.807) is 28.8 Å². The summed E-state index contributed by atoms with van der Waals surface area (Å²) in [6.45, 7) is 0. The van der Waals surface area contributed by atoms with Crippen LogP contribution in [-0.2, 0) is 4.79 Å². The first-order valence-corrected chi connectivity index (χ1v) is 11.6. The van der Waals surface area contributed by atoms with Gasteiger partial charge in [0.25, 0.3) is 0 Å². The molecule has 0 saturated heterocycles. The zero-order valence-corrected chi connectivity index (χ0v) is 18.5. The van der Waals surface area contributed by atoms with Crippen molar-refractivity contribution in [1.82, 2.24) is 14.9 Å². The number of para-hydroxylation sites is 2. The lowest BCUT2D eigenvalue weighted by Crippen LogP contribution is -2.30. The summed E-state index contributed by atoms with van der Waals surface area (Å²) in [7, 11) is 0. The Morgan fingerprint density at radius 3 is 2.19 bits per heavy atom. The summed E-state index contributed by atoms with van der Waals surface area (Å²) in [4.78, 5) is 17.2. The number of nitrogens with zero attached hydrogens (tertiary/aromatic N) is 4. The molecule has 1 aromatic heterocycles. The van der Waals surface area contributed by atoms with E-state index < -0.39 is 0 Å². The zero-order valence-electron chi connectivity index (χ0n) is 16.1. The van der Waals surface area contributed by atoms with Crippen LogP contribution in [-0.4, -0.2) is 26.5 Å². The second kappa shape index (κ2) is 8.30. The number of aromatic nitrogens is 3. The standard InChI is InChI=1S/C22H16ClN5OS2/c23-15-11-9-14(10-12-15)21-25-26-22(28(21)24)30-13-20(29)27-16-5-1-3-7-18(16)31-19-8-4-2-6-17(19)27/h1-12H,13,24H2. The molecule has 0 saturated carbocycles. The van der Waals surface area contributed by atoms with Crippen molar-refractivity contribution in [3.8, 4) is 11.4 Å². The number of rotatable bonds is 4. The molecule has 0 radical (unpaired) electrons. The van der Waals surface area contributed by atoms with Crippen LogP contribution in [0.3, 0.4) is 0 Å². The topological polar surface area (TPSA) is 77.0 Å². The van der Waals surface area contributed by atoms with Crippen LogP contribution in [0, 0.1) is 0 Å². The molecule has 9 heteroatoms. The Morgan fingerprint density at radius 2 is 1.55 bits per heavy atom. The summed E-state index contributed by atoms with van der Waals surface area (Å²) >= 11 is 8.88. The first-order valence-electron chi connectivity index (χ1n) is 9.40. The number of nitrogens with two attached hydrogens (primary N) is 1. The van der Waals surface area contributed by atoms with Crippen molar-refractivity contribution in [3.05, 3.63) is 77.8 Å². The summed E-state index contributed by atoms with van der Waals surface area (Å²) in [6.07, 6.45) is 0. The van der Waals surface area contributed by atoms with Crippen LogP contribution in [0.4, 0.5) is 11.4 Å².